The molecule has 0 amide bonds. The quantitative estimate of drug-likeness (QED) is 0.461. The van der Waals surface area contributed by atoms with Crippen molar-refractivity contribution in [2.24, 2.45) is 5.92 Å². The molecule has 2 saturated heterocycles. The van der Waals surface area contributed by atoms with Gasteiger partial charge in [-0.25, -0.2) is 14.4 Å². The Kier molecular flexibility index (Phi) is 5.21. The molecule has 0 radical (unpaired) electrons. The molecule has 0 aromatic carbocycles. The molecule has 0 aliphatic carbocycles. The van der Waals surface area contributed by atoms with Crippen LogP contribution in [0.4, 0.5) is 0 Å². The minimum absolute atomic E-state index is 0.164. The summed E-state index contributed by atoms with van der Waals surface area (Å²) < 4.78 is 14.1. The van der Waals surface area contributed by atoms with E-state index >= 15 is 0 Å². The summed E-state index contributed by atoms with van der Waals surface area (Å²) in [6, 6.07) is 0. The number of nitrogens with zero attached hydrogens (tertiary/aromatic N) is 1. The Hall–Kier alpha value is -2.04. The van der Waals surface area contributed by atoms with Gasteiger partial charge in [0, 0.05) is 18.8 Å². The van der Waals surface area contributed by atoms with E-state index in [-0.39, 0.29) is 18.6 Å². The molecule has 0 aromatic heterocycles. The SMILES string of the molecule is COC(=O)[C@H]1C[C@]2(C(=O)OC)[C@@H](CC(C)=O)[C@H](C(=O)OC)ON2O1. The molecule has 10 nitrogen and oxygen atoms in total. The largest absolute Gasteiger partial charge is 0.467 e. The van der Waals surface area contributed by atoms with Crippen molar-refractivity contribution in [1.82, 2.24) is 5.23 Å². The molecule has 2 heterocycles. The lowest BCUT2D eigenvalue weighted by atomic mass is 9.75. The third-order valence-electron chi connectivity index (χ3n) is 4.18. The number of carbonyl (C=O) groups is 4. The highest BCUT2D eigenvalue weighted by Gasteiger charge is 2.69. The van der Waals surface area contributed by atoms with Gasteiger partial charge >= 0.3 is 17.9 Å². The number of Topliss-reactive ketones (excluding diaryl/α,β-unsaturated/α-hetero) is 1. The highest BCUT2D eigenvalue weighted by Crippen LogP contribution is 2.49. The van der Waals surface area contributed by atoms with E-state index in [1.54, 1.807) is 0 Å². The van der Waals surface area contributed by atoms with Crippen LogP contribution in [0, 0.1) is 5.92 Å². The number of fused-ring (bicyclic) bond motifs is 1. The fourth-order valence-electron chi connectivity index (χ4n) is 3.09. The van der Waals surface area contributed by atoms with Crippen molar-refractivity contribution in [3.63, 3.8) is 0 Å². The highest BCUT2D eigenvalue weighted by atomic mass is 17.0. The van der Waals surface area contributed by atoms with E-state index in [4.69, 9.17) is 14.4 Å². The lowest BCUT2D eigenvalue weighted by Crippen LogP contribution is -2.52. The molecule has 0 unspecified atom stereocenters. The van der Waals surface area contributed by atoms with Crippen LogP contribution >= 0.6 is 0 Å². The normalized spacial score (nSPS) is 32.1. The van der Waals surface area contributed by atoms with Crippen LogP contribution in [0.5, 0.6) is 0 Å². The van der Waals surface area contributed by atoms with Crippen molar-refractivity contribution in [3.05, 3.63) is 0 Å². The summed E-state index contributed by atoms with van der Waals surface area (Å²) in [5.41, 5.74) is -1.63. The molecule has 0 N–H and O–H groups in total. The number of methoxy groups -OCH3 is 3. The molecular formula is C14H19NO9. The summed E-state index contributed by atoms with van der Waals surface area (Å²) >= 11 is 0. The Morgan fingerprint density at radius 2 is 1.67 bits per heavy atom. The van der Waals surface area contributed by atoms with Gasteiger partial charge in [-0.2, -0.15) is 0 Å². The summed E-state index contributed by atoms with van der Waals surface area (Å²) in [6.45, 7) is 1.32. The maximum atomic E-state index is 12.5. The van der Waals surface area contributed by atoms with Crippen LogP contribution < -0.4 is 0 Å². The fraction of sp³-hybridized carbons (Fsp3) is 0.714. The zero-order valence-corrected chi connectivity index (χ0v) is 13.8. The van der Waals surface area contributed by atoms with Crippen LogP contribution in [-0.2, 0) is 43.1 Å². The number of rotatable bonds is 5. The number of hydroxylamine groups is 2. The Bertz CT molecular complexity index is 562. The molecular weight excluding hydrogens is 326 g/mol. The first-order valence-corrected chi connectivity index (χ1v) is 7.19. The average molecular weight is 345 g/mol. The van der Waals surface area contributed by atoms with Gasteiger partial charge in [0.2, 0.25) is 0 Å². The predicted octanol–water partition coefficient (Wildman–Crippen LogP) is -0.841. The zero-order chi connectivity index (χ0) is 18.1. The zero-order valence-electron chi connectivity index (χ0n) is 13.8. The lowest BCUT2D eigenvalue weighted by molar-refractivity contribution is -0.362. The molecule has 134 valence electrons. The Labute approximate surface area is 137 Å². The van der Waals surface area contributed by atoms with Crippen molar-refractivity contribution < 1.29 is 43.1 Å². The Morgan fingerprint density at radius 1 is 1.04 bits per heavy atom. The molecule has 4 atom stereocenters. The summed E-state index contributed by atoms with van der Waals surface area (Å²) in [7, 11) is 3.48. The Balaban J connectivity index is 2.45. The van der Waals surface area contributed by atoms with Crippen molar-refractivity contribution >= 4 is 23.7 Å². The van der Waals surface area contributed by atoms with Gasteiger partial charge in [0.1, 0.15) is 5.78 Å². The molecule has 24 heavy (non-hydrogen) atoms. The maximum absolute atomic E-state index is 12.5. The van der Waals surface area contributed by atoms with Gasteiger partial charge < -0.3 is 19.0 Å². The van der Waals surface area contributed by atoms with Gasteiger partial charge in [0.25, 0.3) is 0 Å². The maximum Gasteiger partial charge on any atom is 0.337 e. The van der Waals surface area contributed by atoms with Crippen LogP contribution in [0.25, 0.3) is 0 Å². The van der Waals surface area contributed by atoms with Crippen LogP contribution in [0.2, 0.25) is 0 Å². The first-order valence-electron chi connectivity index (χ1n) is 7.19. The van der Waals surface area contributed by atoms with E-state index in [9.17, 15) is 19.2 Å². The van der Waals surface area contributed by atoms with Gasteiger partial charge in [-0.05, 0) is 12.2 Å². The van der Waals surface area contributed by atoms with E-state index in [0.717, 1.165) is 19.4 Å². The first kappa shape index (κ1) is 18.3. The molecule has 2 aliphatic rings. The average Bonchev–Trinajstić information content (AvgIpc) is 3.07. The lowest BCUT2D eigenvalue weighted by Gasteiger charge is -2.29. The van der Waals surface area contributed by atoms with Gasteiger partial charge in [-0.15, -0.1) is 0 Å². The second kappa shape index (κ2) is 6.83. The minimum atomic E-state index is -1.63. The third-order valence-corrected chi connectivity index (χ3v) is 4.18. The number of hydrogen-bond donors (Lipinski definition) is 0. The van der Waals surface area contributed by atoms with E-state index in [2.05, 4.69) is 9.47 Å². The van der Waals surface area contributed by atoms with E-state index in [1.165, 1.54) is 14.0 Å². The summed E-state index contributed by atoms with van der Waals surface area (Å²) in [5.74, 6) is -3.48. The smallest absolute Gasteiger partial charge is 0.337 e. The standard InChI is InChI=1S/C14H19NO9/c1-7(16)5-8-10(12(18)21-3)24-15-14(8,13(19)22-4)6-9(23-15)11(17)20-2/h8-10H,5-6H2,1-4H3/t8-,9+,10+,14+/m0/s1. The molecule has 0 spiro atoms. The first-order chi connectivity index (χ1) is 11.3. The molecule has 0 aromatic rings. The van der Waals surface area contributed by atoms with E-state index < -0.39 is 41.6 Å². The molecule has 2 rings (SSSR count). The topological polar surface area (TPSA) is 118 Å². The summed E-state index contributed by atoms with van der Waals surface area (Å²) in [6.07, 6.45) is -2.71. The van der Waals surface area contributed by atoms with Crippen molar-refractivity contribution in [2.75, 3.05) is 21.3 Å². The molecule has 0 bridgehead atoms. The number of carbonyl (C=O) groups excluding carboxylic acids is 4. The molecule has 2 aliphatic heterocycles. The van der Waals surface area contributed by atoms with Crippen LogP contribution in [0.15, 0.2) is 0 Å². The fourth-order valence-corrected chi connectivity index (χ4v) is 3.09. The summed E-state index contributed by atoms with van der Waals surface area (Å²) in [5, 5.41) is 0.773. The predicted molar refractivity (Wildman–Crippen MR) is 73.8 cm³/mol. The van der Waals surface area contributed by atoms with Crippen molar-refractivity contribution in [1.29, 1.82) is 0 Å². The monoisotopic (exact) mass is 345 g/mol. The third kappa shape index (κ3) is 2.76. The molecule has 2 fully saturated rings. The second-order valence-electron chi connectivity index (χ2n) is 5.56. The highest BCUT2D eigenvalue weighted by molar-refractivity contribution is 5.88. The van der Waals surface area contributed by atoms with Crippen molar-refractivity contribution in [3.8, 4) is 0 Å². The van der Waals surface area contributed by atoms with Crippen molar-refractivity contribution in [2.45, 2.75) is 37.5 Å². The molecule has 0 saturated carbocycles. The second-order valence-corrected chi connectivity index (χ2v) is 5.56. The van der Waals surface area contributed by atoms with Gasteiger partial charge in [0.15, 0.2) is 17.7 Å². The minimum Gasteiger partial charge on any atom is -0.467 e. The van der Waals surface area contributed by atoms with Gasteiger partial charge in [0.05, 0.1) is 21.3 Å². The van der Waals surface area contributed by atoms with Crippen LogP contribution in [-0.4, -0.2) is 68.0 Å². The van der Waals surface area contributed by atoms with E-state index in [1.807, 2.05) is 0 Å². The molecule has 10 heteroatoms. The van der Waals surface area contributed by atoms with Gasteiger partial charge in [-0.1, -0.05) is 0 Å². The number of hydrogen-bond acceptors (Lipinski definition) is 10. The van der Waals surface area contributed by atoms with E-state index in [0.29, 0.717) is 0 Å². The number of esters is 3. The number of ketones is 1. The number of ether oxygens (including phenoxy) is 3. The summed E-state index contributed by atoms with van der Waals surface area (Å²) in [4.78, 5) is 58.6. The van der Waals surface area contributed by atoms with Crippen LogP contribution in [0.3, 0.4) is 0 Å². The Morgan fingerprint density at radius 3 is 2.17 bits per heavy atom. The van der Waals surface area contributed by atoms with Crippen LogP contribution in [0.1, 0.15) is 19.8 Å². The van der Waals surface area contributed by atoms with Gasteiger partial charge in [-0.3, -0.25) is 9.68 Å².